The molecule has 1 amide bonds. The number of benzene rings is 4. The van der Waals surface area contributed by atoms with E-state index in [1.807, 2.05) is 45.2 Å². The Morgan fingerprint density at radius 1 is 0.789 bits per heavy atom. The second kappa shape index (κ2) is 16.4. The van der Waals surface area contributed by atoms with Crippen molar-refractivity contribution in [3.05, 3.63) is 114 Å². The van der Waals surface area contributed by atoms with Crippen molar-refractivity contribution in [1.29, 1.82) is 0 Å². The van der Waals surface area contributed by atoms with E-state index in [4.69, 9.17) is 22.7 Å². The van der Waals surface area contributed by atoms with Crippen LogP contribution in [-0.2, 0) is 4.74 Å². The summed E-state index contributed by atoms with van der Waals surface area (Å²) >= 11 is 5.67. The van der Waals surface area contributed by atoms with Crippen LogP contribution >= 0.6 is 12.2 Å². The van der Waals surface area contributed by atoms with Crippen molar-refractivity contribution in [1.82, 2.24) is 29.7 Å². The minimum absolute atomic E-state index is 0.209. The molecule has 10 nitrogen and oxygen atoms in total. The fraction of sp³-hybridized carbons (Fsp3) is 0.304. The van der Waals surface area contributed by atoms with Crippen molar-refractivity contribution in [2.24, 2.45) is 0 Å². The predicted octanol–water partition coefficient (Wildman–Crippen LogP) is 10.1. The molecule has 11 heteroatoms. The maximum Gasteiger partial charge on any atom is 0.410 e. The molecule has 5 N–H and O–H groups in total. The van der Waals surface area contributed by atoms with Gasteiger partial charge in [0.25, 0.3) is 0 Å². The number of imidazole rings is 1. The van der Waals surface area contributed by atoms with Gasteiger partial charge in [-0.15, -0.1) is 0 Å². The molecule has 2 aliphatic heterocycles. The van der Waals surface area contributed by atoms with Gasteiger partial charge in [0.15, 0.2) is 10.4 Å². The second-order valence-electron chi connectivity index (χ2n) is 16.0. The molecular weight excluding hydrogens is 729 g/mol. The lowest BCUT2D eigenvalue weighted by molar-refractivity contribution is 0.0210. The number of nitrogens with one attached hydrogen (secondary N) is 3. The SMILES string of the molecule is CC(C)(C)OC(=O)N1CCC(Nc2nccc(-c3ccc4ccccc4c3)c2N)CC1.S=c1[nH]c2c(-c3ccc4ccccc4c3)ccnc2n1C1CCNCC1. The smallest absolute Gasteiger partial charge is 0.410 e. The molecule has 0 radical (unpaired) electrons. The molecule has 292 valence electrons. The largest absolute Gasteiger partial charge is 0.444 e. The molecule has 0 saturated carbocycles. The summed E-state index contributed by atoms with van der Waals surface area (Å²) in [4.78, 5) is 26.6. The number of rotatable bonds is 5. The van der Waals surface area contributed by atoms with E-state index in [-0.39, 0.29) is 12.1 Å². The van der Waals surface area contributed by atoms with Crippen LogP contribution in [0.4, 0.5) is 16.3 Å². The number of likely N-dealkylation sites (tertiary alicyclic amines) is 1. The van der Waals surface area contributed by atoms with Crippen LogP contribution < -0.4 is 16.4 Å². The molecule has 0 atom stereocenters. The summed E-state index contributed by atoms with van der Waals surface area (Å²) < 4.78 is 8.47. The van der Waals surface area contributed by atoms with E-state index in [2.05, 4.69) is 109 Å². The number of hydrogen-bond acceptors (Lipinski definition) is 8. The number of anilines is 2. The summed E-state index contributed by atoms with van der Waals surface area (Å²) in [6, 6.07) is 34.3. The molecule has 9 rings (SSSR count). The minimum atomic E-state index is -0.478. The summed E-state index contributed by atoms with van der Waals surface area (Å²) in [6.07, 6.45) is 7.25. The van der Waals surface area contributed by atoms with Crippen molar-refractivity contribution < 1.29 is 9.53 Å². The lowest BCUT2D eigenvalue weighted by atomic mass is 10.0. The van der Waals surface area contributed by atoms with E-state index >= 15 is 0 Å². The van der Waals surface area contributed by atoms with Gasteiger partial charge < -0.3 is 31.0 Å². The van der Waals surface area contributed by atoms with E-state index < -0.39 is 5.60 Å². The molecule has 0 bridgehead atoms. The number of amides is 1. The van der Waals surface area contributed by atoms with Crippen LogP contribution in [0.15, 0.2) is 109 Å². The van der Waals surface area contributed by atoms with E-state index in [1.165, 1.54) is 27.1 Å². The molecule has 2 aliphatic rings. The molecule has 7 aromatic rings. The molecule has 0 aliphatic carbocycles. The number of pyridine rings is 2. The number of carbonyl (C=O) groups excluding carboxylic acids is 1. The Morgan fingerprint density at radius 2 is 1.37 bits per heavy atom. The van der Waals surface area contributed by atoms with Gasteiger partial charge >= 0.3 is 6.09 Å². The van der Waals surface area contributed by atoms with Crippen LogP contribution in [0, 0.1) is 4.77 Å². The van der Waals surface area contributed by atoms with Gasteiger partial charge in [0.2, 0.25) is 0 Å². The number of H-pyrrole nitrogens is 1. The molecule has 2 saturated heterocycles. The van der Waals surface area contributed by atoms with Crippen LogP contribution in [0.5, 0.6) is 0 Å². The molecule has 3 aromatic heterocycles. The van der Waals surface area contributed by atoms with Gasteiger partial charge in [0.1, 0.15) is 11.4 Å². The molecule has 5 heterocycles. The zero-order valence-corrected chi connectivity index (χ0v) is 33.6. The highest BCUT2D eigenvalue weighted by Crippen LogP contribution is 2.34. The number of fused-ring (bicyclic) bond motifs is 3. The summed E-state index contributed by atoms with van der Waals surface area (Å²) in [5.41, 5.74) is 13.1. The Bertz CT molecular complexity index is 2600. The Balaban J connectivity index is 0.000000162. The first kappa shape index (κ1) is 38.1. The third-order valence-electron chi connectivity index (χ3n) is 10.9. The topological polar surface area (TPSA) is 126 Å². The number of nitrogens with two attached hydrogens (primary N) is 1. The first-order valence-corrected chi connectivity index (χ1v) is 20.3. The number of carbonyl (C=O) groups is 1. The standard InChI is InChI=1S/C25H30N4O2.C21H20N4S/c1-25(2,3)31-24(30)29-14-11-20(12-15-29)28-23-22(26)21(10-13-27-23)19-9-8-17-6-4-5-7-18(17)16-19;26-21-24-19-18(16-6-5-14-3-1-2-4-15(14)13-16)9-12-23-20(19)25(21)17-7-10-22-11-8-17/h4-10,13,16,20H,11-12,14-15,26H2,1-3H3,(H,27,28);1-6,9,12-13,17,22H,7-8,10-11H2,(H,24,26). The van der Waals surface area contributed by atoms with Crippen LogP contribution in [-0.4, -0.2) is 68.3 Å². The third-order valence-corrected chi connectivity index (χ3v) is 11.2. The van der Waals surface area contributed by atoms with E-state index in [0.29, 0.717) is 30.6 Å². The highest BCUT2D eigenvalue weighted by molar-refractivity contribution is 7.71. The van der Waals surface area contributed by atoms with Crippen LogP contribution in [0.1, 0.15) is 52.5 Å². The first-order valence-electron chi connectivity index (χ1n) is 19.9. The normalized spacial score (nSPS) is 15.4. The second-order valence-corrected chi connectivity index (χ2v) is 16.4. The maximum atomic E-state index is 12.3. The number of ether oxygens (including phenoxy) is 1. The molecule has 0 unspecified atom stereocenters. The van der Waals surface area contributed by atoms with E-state index in [1.54, 1.807) is 11.1 Å². The van der Waals surface area contributed by atoms with Crippen molar-refractivity contribution in [2.45, 2.75) is 64.1 Å². The monoisotopic (exact) mass is 778 g/mol. The summed E-state index contributed by atoms with van der Waals surface area (Å²) in [5, 5.41) is 11.8. The Kier molecular flexibility index (Phi) is 10.9. The van der Waals surface area contributed by atoms with Gasteiger partial charge in [-0.05, 0) is 129 Å². The van der Waals surface area contributed by atoms with Gasteiger partial charge in [-0.25, -0.2) is 14.8 Å². The zero-order chi connectivity index (χ0) is 39.5. The van der Waals surface area contributed by atoms with Gasteiger partial charge in [-0.2, -0.15) is 0 Å². The number of aromatic amines is 1. The predicted molar refractivity (Wildman–Crippen MR) is 235 cm³/mol. The van der Waals surface area contributed by atoms with Crippen LogP contribution in [0.25, 0.3) is 55.0 Å². The van der Waals surface area contributed by atoms with E-state index in [0.717, 1.165) is 71.4 Å². The average molecular weight is 779 g/mol. The Labute approximate surface area is 338 Å². The van der Waals surface area contributed by atoms with Gasteiger partial charge in [0, 0.05) is 48.7 Å². The fourth-order valence-corrected chi connectivity index (χ4v) is 8.28. The zero-order valence-electron chi connectivity index (χ0n) is 32.8. The maximum absolute atomic E-state index is 12.3. The number of nitrogen functional groups attached to an aromatic ring is 1. The van der Waals surface area contributed by atoms with Crippen LogP contribution in [0.3, 0.4) is 0 Å². The van der Waals surface area contributed by atoms with Gasteiger partial charge in [-0.1, -0.05) is 72.8 Å². The van der Waals surface area contributed by atoms with Crippen molar-refractivity contribution in [3.63, 3.8) is 0 Å². The lowest BCUT2D eigenvalue weighted by Gasteiger charge is -2.34. The van der Waals surface area contributed by atoms with Gasteiger partial charge in [0.05, 0.1) is 11.2 Å². The molecule has 57 heavy (non-hydrogen) atoms. The number of aromatic nitrogens is 4. The quantitative estimate of drug-likeness (QED) is 0.127. The van der Waals surface area contributed by atoms with Crippen LogP contribution in [0.2, 0.25) is 0 Å². The molecule has 4 aromatic carbocycles. The molecule has 2 fully saturated rings. The lowest BCUT2D eigenvalue weighted by Crippen LogP contribution is -2.44. The first-order chi connectivity index (χ1) is 27.6. The molecule has 0 spiro atoms. The average Bonchev–Trinajstić information content (AvgIpc) is 3.57. The number of hydrogen-bond donors (Lipinski definition) is 4. The van der Waals surface area contributed by atoms with Crippen molar-refractivity contribution in [3.8, 4) is 22.3 Å². The Hall–Kier alpha value is -5.78. The van der Waals surface area contributed by atoms with E-state index in [9.17, 15) is 4.79 Å². The highest BCUT2D eigenvalue weighted by atomic mass is 32.1. The summed E-state index contributed by atoms with van der Waals surface area (Å²) in [5.74, 6) is 0.696. The fourth-order valence-electron chi connectivity index (χ4n) is 7.94. The third kappa shape index (κ3) is 8.50. The van der Waals surface area contributed by atoms with Gasteiger partial charge in [-0.3, -0.25) is 4.57 Å². The van der Waals surface area contributed by atoms with Crippen molar-refractivity contribution in [2.75, 3.05) is 37.2 Å². The molecular formula is C46H50N8O2S. The minimum Gasteiger partial charge on any atom is -0.444 e. The number of piperidine rings is 2. The Morgan fingerprint density at radius 3 is 2.00 bits per heavy atom. The number of nitrogens with zero attached hydrogens (tertiary/aromatic N) is 4. The highest BCUT2D eigenvalue weighted by Gasteiger charge is 2.27. The summed E-state index contributed by atoms with van der Waals surface area (Å²) in [7, 11) is 0. The van der Waals surface area contributed by atoms with Crippen molar-refractivity contribution >= 4 is 62.5 Å². The summed E-state index contributed by atoms with van der Waals surface area (Å²) in [6.45, 7) is 9.02.